The first-order chi connectivity index (χ1) is 13.1. The molecule has 2 atom stereocenters. The van der Waals surface area contributed by atoms with Gasteiger partial charge in [-0.05, 0) is 23.6 Å². The van der Waals surface area contributed by atoms with Crippen LogP contribution in [0.5, 0.6) is 0 Å². The van der Waals surface area contributed by atoms with Crippen LogP contribution in [0.4, 0.5) is 0 Å². The average molecular weight is 359 g/mol. The van der Waals surface area contributed by atoms with E-state index in [0.29, 0.717) is 0 Å². The predicted molar refractivity (Wildman–Crippen MR) is 103 cm³/mol. The maximum atomic E-state index is 12.7. The minimum Gasteiger partial charge on any atom is -0.357 e. The van der Waals surface area contributed by atoms with Crippen molar-refractivity contribution in [2.24, 2.45) is 0 Å². The molecule has 2 aromatic carbocycles. The van der Waals surface area contributed by atoms with Crippen molar-refractivity contribution in [3.05, 3.63) is 71.4 Å². The molecule has 1 fully saturated rings. The van der Waals surface area contributed by atoms with Gasteiger partial charge < -0.3 is 4.98 Å². The van der Waals surface area contributed by atoms with E-state index in [2.05, 4.69) is 40.2 Å². The largest absolute Gasteiger partial charge is 0.357 e. The van der Waals surface area contributed by atoms with Crippen LogP contribution in [0.1, 0.15) is 29.3 Å². The van der Waals surface area contributed by atoms with E-state index in [1.54, 1.807) is 7.05 Å². The Hall–Kier alpha value is -2.92. The number of para-hydroxylation sites is 1. The Morgan fingerprint density at radius 1 is 1.00 bits per heavy atom. The Balaban J connectivity index is 1.67. The summed E-state index contributed by atoms with van der Waals surface area (Å²) in [7, 11) is 1.58. The third-order valence-corrected chi connectivity index (χ3v) is 5.95. The number of nitrogens with zero attached hydrogens (tertiary/aromatic N) is 2. The molecule has 5 heteroatoms. The molecule has 0 bridgehead atoms. The van der Waals surface area contributed by atoms with Crippen LogP contribution in [0.2, 0.25) is 0 Å². The van der Waals surface area contributed by atoms with Crippen LogP contribution in [0.3, 0.4) is 0 Å². The van der Waals surface area contributed by atoms with E-state index in [-0.39, 0.29) is 24.3 Å². The van der Waals surface area contributed by atoms with E-state index in [1.165, 1.54) is 15.8 Å². The van der Waals surface area contributed by atoms with E-state index in [4.69, 9.17) is 0 Å². The zero-order chi connectivity index (χ0) is 18.5. The average Bonchev–Trinajstić information content (AvgIpc) is 3.20. The van der Waals surface area contributed by atoms with Crippen LogP contribution in [-0.4, -0.2) is 46.2 Å². The highest BCUT2D eigenvalue weighted by atomic mass is 16.2. The molecule has 2 amide bonds. The number of carbonyl (C=O) groups excluding carboxylic acids is 2. The monoisotopic (exact) mass is 359 g/mol. The molecule has 3 heterocycles. The first-order valence-electron chi connectivity index (χ1n) is 9.35. The highest BCUT2D eigenvalue weighted by molar-refractivity contribution is 6.05. The summed E-state index contributed by atoms with van der Waals surface area (Å²) in [6.07, 6.45) is 1.12. The fourth-order valence-electron chi connectivity index (χ4n) is 4.58. The Morgan fingerprint density at radius 3 is 2.48 bits per heavy atom. The van der Waals surface area contributed by atoms with Gasteiger partial charge in [-0.3, -0.25) is 19.4 Å². The molecule has 2 aliphatic rings. The van der Waals surface area contributed by atoms with E-state index in [1.807, 2.05) is 24.3 Å². The van der Waals surface area contributed by atoms with Crippen LogP contribution in [0, 0.1) is 0 Å². The number of likely N-dealkylation sites (tertiary alicyclic amines) is 1. The molecule has 136 valence electrons. The first-order valence-corrected chi connectivity index (χ1v) is 9.35. The second-order valence-corrected chi connectivity index (χ2v) is 7.37. The van der Waals surface area contributed by atoms with Gasteiger partial charge in [-0.1, -0.05) is 48.5 Å². The van der Waals surface area contributed by atoms with E-state index < -0.39 is 6.04 Å². The van der Waals surface area contributed by atoms with Crippen molar-refractivity contribution < 1.29 is 9.59 Å². The number of likely N-dealkylation sites (N-methyl/N-ethyl adjacent to an activating group) is 1. The van der Waals surface area contributed by atoms with E-state index >= 15 is 0 Å². The Labute approximate surface area is 157 Å². The maximum absolute atomic E-state index is 12.7. The van der Waals surface area contributed by atoms with Crippen LogP contribution >= 0.6 is 0 Å². The van der Waals surface area contributed by atoms with Gasteiger partial charge in [0.2, 0.25) is 11.8 Å². The standard InChI is InChI=1S/C22H21N3O2/c1-24-19(26)13-18(22(24)27)25-12-11-16-15-9-5-6-10-17(15)23-20(16)21(25)14-7-3-2-4-8-14/h2-10,18,21,23H,11-13H2,1H3. The summed E-state index contributed by atoms with van der Waals surface area (Å²) in [6.45, 7) is 0.756. The highest BCUT2D eigenvalue weighted by Crippen LogP contribution is 2.40. The molecule has 27 heavy (non-hydrogen) atoms. The second kappa shape index (κ2) is 6.06. The summed E-state index contributed by atoms with van der Waals surface area (Å²) in [4.78, 5) is 31.9. The molecular formula is C22H21N3O2. The number of hydrogen-bond acceptors (Lipinski definition) is 3. The summed E-state index contributed by atoms with van der Waals surface area (Å²) in [6, 6.07) is 18.1. The molecule has 1 N–H and O–H groups in total. The van der Waals surface area contributed by atoms with Crippen LogP contribution in [-0.2, 0) is 16.0 Å². The number of benzene rings is 2. The molecule has 5 nitrogen and oxygen atoms in total. The summed E-state index contributed by atoms with van der Waals surface area (Å²) in [5.41, 5.74) is 4.72. The topological polar surface area (TPSA) is 56.4 Å². The van der Waals surface area contributed by atoms with Gasteiger partial charge in [0.15, 0.2) is 0 Å². The minimum atomic E-state index is -0.396. The van der Waals surface area contributed by atoms with Crippen LogP contribution < -0.4 is 0 Å². The van der Waals surface area contributed by atoms with E-state index in [9.17, 15) is 9.59 Å². The van der Waals surface area contributed by atoms with Gasteiger partial charge >= 0.3 is 0 Å². The van der Waals surface area contributed by atoms with Gasteiger partial charge in [-0.2, -0.15) is 0 Å². The number of nitrogens with one attached hydrogen (secondary N) is 1. The number of H-pyrrole nitrogens is 1. The second-order valence-electron chi connectivity index (χ2n) is 7.37. The van der Waals surface area contributed by atoms with Crippen molar-refractivity contribution in [2.75, 3.05) is 13.6 Å². The molecule has 1 saturated heterocycles. The molecule has 0 aliphatic carbocycles. The van der Waals surface area contributed by atoms with Crippen molar-refractivity contribution in [1.82, 2.24) is 14.8 Å². The summed E-state index contributed by atoms with van der Waals surface area (Å²) < 4.78 is 0. The number of aromatic amines is 1. The van der Waals surface area contributed by atoms with Crippen molar-refractivity contribution in [3.8, 4) is 0 Å². The quantitative estimate of drug-likeness (QED) is 0.716. The van der Waals surface area contributed by atoms with Gasteiger partial charge in [0.05, 0.1) is 18.5 Å². The number of imide groups is 1. The summed E-state index contributed by atoms with van der Waals surface area (Å²) >= 11 is 0. The van der Waals surface area contributed by atoms with Crippen molar-refractivity contribution in [3.63, 3.8) is 0 Å². The smallest absolute Gasteiger partial charge is 0.246 e. The number of aromatic nitrogens is 1. The van der Waals surface area contributed by atoms with Crippen molar-refractivity contribution in [2.45, 2.75) is 24.9 Å². The third-order valence-electron chi connectivity index (χ3n) is 5.95. The van der Waals surface area contributed by atoms with Crippen LogP contribution in [0.25, 0.3) is 10.9 Å². The van der Waals surface area contributed by atoms with Gasteiger partial charge in [0.1, 0.15) is 0 Å². The lowest BCUT2D eigenvalue weighted by Crippen LogP contribution is -2.46. The zero-order valence-electron chi connectivity index (χ0n) is 15.2. The molecule has 1 aromatic heterocycles. The molecule has 2 aliphatic heterocycles. The van der Waals surface area contributed by atoms with E-state index in [0.717, 1.165) is 29.7 Å². The first kappa shape index (κ1) is 16.3. The Bertz CT molecular complexity index is 1040. The summed E-state index contributed by atoms with van der Waals surface area (Å²) in [5.74, 6) is -0.195. The normalized spacial score (nSPS) is 23.2. The maximum Gasteiger partial charge on any atom is 0.246 e. The van der Waals surface area contributed by atoms with Crippen LogP contribution in [0.15, 0.2) is 54.6 Å². The summed E-state index contributed by atoms with van der Waals surface area (Å²) in [5, 5.41) is 1.25. The fourth-order valence-corrected chi connectivity index (χ4v) is 4.58. The molecular weight excluding hydrogens is 338 g/mol. The Morgan fingerprint density at radius 2 is 1.74 bits per heavy atom. The lowest BCUT2D eigenvalue weighted by molar-refractivity contribution is -0.138. The number of carbonyl (C=O) groups is 2. The van der Waals surface area contributed by atoms with Gasteiger partial charge in [0, 0.05) is 30.2 Å². The lowest BCUT2D eigenvalue weighted by atomic mass is 9.90. The molecule has 5 rings (SSSR count). The number of rotatable bonds is 2. The van der Waals surface area contributed by atoms with Gasteiger partial charge in [0.25, 0.3) is 0 Å². The van der Waals surface area contributed by atoms with Crippen molar-refractivity contribution in [1.29, 1.82) is 0 Å². The number of amides is 2. The van der Waals surface area contributed by atoms with Gasteiger partial charge in [-0.25, -0.2) is 0 Å². The fraction of sp³-hybridized carbons (Fsp3) is 0.273. The Kier molecular flexibility index (Phi) is 3.65. The lowest BCUT2D eigenvalue weighted by Gasteiger charge is -2.39. The third kappa shape index (κ3) is 2.42. The molecule has 3 aromatic rings. The number of fused-ring (bicyclic) bond motifs is 3. The van der Waals surface area contributed by atoms with Crippen molar-refractivity contribution >= 4 is 22.7 Å². The SMILES string of the molecule is CN1C(=O)CC(N2CCc3c([nH]c4ccccc34)C2c2ccccc2)C1=O. The molecule has 0 spiro atoms. The van der Waals surface area contributed by atoms with Gasteiger partial charge in [-0.15, -0.1) is 0 Å². The predicted octanol–water partition coefficient (Wildman–Crippen LogP) is 2.87. The number of hydrogen-bond donors (Lipinski definition) is 1. The molecule has 2 unspecified atom stereocenters. The minimum absolute atomic E-state index is 0.0596. The zero-order valence-corrected chi connectivity index (χ0v) is 15.2. The highest BCUT2D eigenvalue weighted by Gasteiger charge is 2.45. The molecule has 0 saturated carbocycles. The molecule has 0 radical (unpaired) electrons.